The van der Waals surface area contributed by atoms with Gasteiger partial charge in [-0.15, -0.1) is 0 Å². The van der Waals surface area contributed by atoms with Gasteiger partial charge in [0.1, 0.15) is 16.4 Å². The van der Waals surface area contributed by atoms with Crippen molar-refractivity contribution in [1.29, 1.82) is 0 Å². The molecule has 0 saturated heterocycles. The molecule has 0 unspecified atom stereocenters. The Hall–Kier alpha value is -2.27. The Morgan fingerprint density at radius 3 is 2.90 bits per heavy atom. The fraction of sp³-hybridized carbons (Fsp3) is 0.200. The van der Waals surface area contributed by atoms with Crippen molar-refractivity contribution >= 4 is 28.3 Å². The number of benzene rings is 1. The summed E-state index contributed by atoms with van der Waals surface area (Å²) in [7, 11) is 1.56. The summed E-state index contributed by atoms with van der Waals surface area (Å²) in [6.07, 6.45) is 1.53. The van der Waals surface area contributed by atoms with E-state index < -0.39 is 0 Å². The molecule has 0 radical (unpaired) electrons. The van der Waals surface area contributed by atoms with Gasteiger partial charge in [-0.1, -0.05) is 29.8 Å². The number of anilines is 1. The standard InChI is InChI=1S/C15H14ClN3O2/c1-9(13-7-10-5-3-4-6-12(10)21-13)18-11-8-17-19(2)15(20)14(11)16/h3-9,18H,1-2H3/t9-/m1/s1. The van der Waals surface area contributed by atoms with E-state index >= 15 is 0 Å². The minimum Gasteiger partial charge on any atom is -0.459 e. The average Bonchev–Trinajstić information content (AvgIpc) is 2.92. The van der Waals surface area contributed by atoms with Crippen LogP contribution in [0.15, 0.2) is 45.7 Å². The van der Waals surface area contributed by atoms with Crippen LogP contribution in [0.5, 0.6) is 0 Å². The van der Waals surface area contributed by atoms with Crippen molar-refractivity contribution in [3.63, 3.8) is 0 Å². The number of fused-ring (bicyclic) bond motifs is 1. The minimum absolute atomic E-state index is 0.121. The summed E-state index contributed by atoms with van der Waals surface area (Å²) in [4.78, 5) is 11.8. The van der Waals surface area contributed by atoms with Crippen molar-refractivity contribution in [1.82, 2.24) is 9.78 Å². The molecule has 0 spiro atoms. The summed E-state index contributed by atoms with van der Waals surface area (Å²) in [5, 5.41) is 8.27. The third-order valence-corrected chi connectivity index (χ3v) is 3.69. The lowest BCUT2D eigenvalue weighted by molar-refractivity contribution is 0.526. The number of nitrogens with one attached hydrogen (secondary N) is 1. The SMILES string of the molecule is C[C@@H](Nc1cnn(C)c(=O)c1Cl)c1cc2ccccc2o1. The Balaban J connectivity index is 1.91. The van der Waals surface area contributed by atoms with Gasteiger partial charge in [-0.25, -0.2) is 4.68 Å². The van der Waals surface area contributed by atoms with E-state index in [1.165, 1.54) is 10.9 Å². The van der Waals surface area contributed by atoms with E-state index in [2.05, 4.69) is 10.4 Å². The van der Waals surface area contributed by atoms with Gasteiger partial charge < -0.3 is 9.73 Å². The van der Waals surface area contributed by atoms with Gasteiger partial charge in [0.15, 0.2) is 0 Å². The lowest BCUT2D eigenvalue weighted by Gasteiger charge is -2.13. The van der Waals surface area contributed by atoms with E-state index in [9.17, 15) is 4.79 Å². The Bertz CT molecular complexity index is 820. The van der Waals surface area contributed by atoms with Crippen LogP contribution in [-0.2, 0) is 7.05 Å². The highest BCUT2D eigenvalue weighted by atomic mass is 35.5. The molecule has 2 heterocycles. The summed E-state index contributed by atoms with van der Waals surface area (Å²) < 4.78 is 6.98. The molecule has 3 rings (SSSR count). The molecule has 0 aliphatic heterocycles. The van der Waals surface area contributed by atoms with Gasteiger partial charge in [-0.2, -0.15) is 5.10 Å². The van der Waals surface area contributed by atoms with E-state index in [-0.39, 0.29) is 16.6 Å². The van der Waals surface area contributed by atoms with E-state index in [0.29, 0.717) is 5.69 Å². The van der Waals surface area contributed by atoms with Gasteiger partial charge in [0.2, 0.25) is 0 Å². The first-order valence-corrected chi connectivity index (χ1v) is 6.91. The highest BCUT2D eigenvalue weighted by Gasteiger charge is 2.14. The second kappa shape index (κ2) is 5.26. The molecule has 1 N–H and O–H groups in total. The normalized spacial score (nSPS) is 12.5. The fourth-order valence-corrected chi connectivity index (χ4v) is 2.36. The summed E-state index contributed by atoms with van der Waals surface area (Å²) in [6.45, 7) is 1.94. The number of halogens is 1. The zero-order valence-corrected chi connectivity index (χ0v) is 12.4. The van der Waals surface area contributed by atoms with Crippen LogP contribution >= 0.6 is 11.6 Å². The van der Waals surface area contributed by atoms with E-state index in [1.54, 1.807) is 7.05 Å². The molecule has 2 aromatic heterocycles. The molecule has 1 atom stereocenters. The van der Waals surface area contributed by atoms with Crippen molar-refractivity contribution in [2.24, 2.45) is 7.05 Å². The molecule has 3 aromatic rings. The van der Waals surface area contributed by atoms with Gasteiger partial charge >= 0.3 is 0 Å². The van der Waals surface area contributed by atoms with Crippen LogP contribution in [0.2, 0.25) is 5.02 Å². The average molecular weight is 304 g/mol. The fourth-order valence-electron chi connectivity index (χ4n) is 2.13. The monoisotopic (exact) mass is 303 g/mol. The van der Waals surface area contributed by atoms with E-state index in [4.69, 9.17) is 16.0 Å². The molecule has 108 valence electrons. The van der Waals surface area contributed by atoms with Gasteiger partial charge in [0.25, 0.3) is 5.56 Å². The molecule has 0 saturated carbocycles. The number of hydrogen-bond donors (Lipinski definition) is 1. The van der Waals surface area contributed by atoms with E-state index in [1.807, 2.05) is 37.3 Å². The lowest BCUT2D eigenvalue weighted by atomic mass is 10.2. The molecule has 0 amide bonds. The predicted octanol–water partition coefficient (Wildman–Crippen LogP) is 3.35. The lowest BCUT2D eigenvalue weighted by Crippen LogP contribution is -2.21. The Morgan fingerprint density at radius 1 is 1.38 bits per heavy atom. The summed E-state index contributed by atoms with van der Waals surface area (Å²) >= 11 is 6.04. The minimum atomic E-state index is -0.335. The van der Waals surface area contributed by atoms with Crippen LogP contribution in [0, 0.1) is 0 Å². The summed E-state index contributed by atoms with van der Waals surface area (Å²) in [6, 6.07) is 9.62. The molecule has 6 heteroatoms. The number of aromatic nitrogens is 2. The molecule has 0 aliphatic rings. The van der Waals surface area contributed by atoms with Crippen molar-refractivity contribution < 1.29 is 4.42 Å². The van der Waals surface area contributed by atoms with Crippen molar-refractivity contribution in [3.8, 4) is 0 Å². The van der Waals surface area contributed by atoms with Crippen LogP contribution in [0.25, 0.3) is 11.0 Å². The highest BCUT2D eigenvalue weighted by molar-refractivity contribution is 6.32. The molecular formula is C15H14ClN3O2. The maximum absolute atomic E-state index is 11.8. The Morgan fingerprint density at radius 2 is 2.14 bits per heavy atom. The van der Waals surface area contributed by atoms with Crippen LogP contribution in [-0.4, -0.2) is 9.78 Å². The summed E-state index contributed by atoms with van der Waals surface area (Å²) in [5.41, 5.74) is 0.987. The smallest absolute Gasteiger partial charge is 0.287 e. The van der Waals surface area contributed by atoms with Crippen LogP contribution < -0.4 is 10.9 Å². The van der Waals surface area contributed by atoms with Crippen LogP contribution in [0.3, 0.4) is 0 Å². The Kier molecular flexibility index (Phi) is 3.43. The quantitative estimate of drug-likeness (QED) is 0.806. The van der Waals surface area contributed by atoms with Crippen LogP contribution in [0.1, 0.15) is 18.7 Å². The van der Waals surface area contributed by atoms with E-state index in [0.717, 1.165) is 16.7 Å². The maximum atomic E-state index is 11.8. The number of hydrogen-bond acceptors (Lipinski definition) is 4. The topological polar surface area (TPSA) is 60.1 Å². The second-order valence-corrected chi connectivity index (χ2v) is 5.23. The number of aryl methyl sites for hydroxylation is 1. The van der Waals surface area contributed by atoms with Crippen LogP contribution in [0.4, 0.5) is 5.69 Å². The molecule has 5 nitrogen and oxygen atoms in total. The van der Waals surface area contributed by atoms with Gasteiger partial charge in [-0.3, -0.25) is 4.79 Å². The van der Waals surface area contributed by atoms with Crippen molar-refractivity contribution in [2.75, 3.05) is 5.32 Å². The van der Waals surface area contributed by atoms with Crippen molar-refractivity contribution in [2.45, 2.75) is 13.0 Å². The number of nitrogens with zero attached hydrogens (tertiary/aromatic N) is 2. The largest absolute Gasteiger partial charge is 0.459 e. The van der Waals surface area contributed by atoms with Gasteiger partial charge in [0, 0.05) is 12.4 Å². The summed E-state index contributed by atoms with van der Waals surface area (Å²) in [5.74, 6) is 0.771. The number of rotatable bonds is 3. The number of para-hydroxylation sites is 1. The zero-order valence-electron chi connectivity index (χ0n) is 11.6. The van der Waals surface area contributed by atoms with Gasteiger partial charge in [-0.05, 0) is 19.1 Å². The highest BCUT2D eigenvalue weighted by Crippen LogP contribution is 2.27. The molecule has 0 fully saturated rings. The zero-order chi connectivity index (χ0) is 15.0. The van der Waals surface area contributed by atoms with Crippen molar-refractivity contribution in [3.05, 3.63) is 57.7 Å². The predicted molar refractivity (Wildman–Crippen MR) is 82.7 cm³/mol. The number of furan rings is 1. The first kappa shape index (κ1) is 13.7. The van der Waals surface area contributed by atoms with Gasteiger partial charge in [0.05, 0.1) is 17.9 Å². The molecular weight excluding hydrogens is 290 g/mol. The molecule has 21 heavy (non-hydrogen) atoms. The first-order valence-electron chi connectivity index (χ1n) is 6.53. The molecule has 0 bridgehead atoms. The maximum Gasteiger partial charge on any atom is 0.287 e. The molecule has 1 aromatic carbocycles. The third-order valence-electron chi connectivity index (χ3n) is 3.32. The second-order valence-electron chi connectivity index (χ2n) is 4.85. The Labute approximate surface area is 126 Å². The third kappa shape index (κ3) is 2.52. The first-order chi connectivity index (χ1) is 10.1. The molecule has 0 aliphatic carbocycles.